The van der Waals surface area contributed by atoms with E-state index in [0.717, 1.165) is 16.7 Å². The van der Waals surface area contributed by atoms with Crippen LogP contribution < -0.4 is 14.8 Å². The molecular formula is C32H31N3O6. The number of fused-ring (bicyclic) bond motifs is 6. The summed E-state index contributed by atoms with van der Waals surface area (Å²) >= 11 is 0. The van der Waals surface area contributed by atoms with Crippen molar-refractivity contribution in [2.75, 3.05) is 20.2 Å². The maximum atomic E-state index is 13.5. The van der Waals surface area contributed by atoms with Crippen molar-refractivity contribution in [3.05, 3.63) is 89.3 Å². The van der Waals surface area contributed by atoms with Gasteiger partial charge >= 0.3 is 0 Å². The molecule has 0 radical (unpaired) electrons. The molecule has 0 spiro atoms. The number of hydrogen-bond acceptors (Lipinski definition) is 7. The van der Waals surface area contributed by atoms with Gasteiger partial charge in [-0.15, -0.1) is 0 Å². The SMILES string of the molecule is COc1ccc2cc1Oc1cc(ccc1O)CCC(=O)N[C@@H]1CN(C(=O)Cc3nc(-c4ccccc4)oc3C)C[C@@H]21. The van der Waals surface area contributed by atoms with Crippen LogP contribution in [0.15, 0.2) is 71.1 Å². The maximum Gasteiger partial charge on any atom is 0.228 e. The molecule has 6 rings (SSSR count). The van der Waals surface area contributed by atoms with Crippen LogP contribution in [0.1, 0.15) is 34.9 Å². The minimum absolute atomic E-state index is 0.00499. The molecule has 1 fully saturated rings. The number of phenolic OH excluding ortho intramolecular Hbond substituents is 1. The number of methoxy groups -OCH3 is 1. The number of benzene rings is 3. The van der Waals surface area contributed by atoms with Crippen molar-refractivity contribution in [2.24, 2.45) is 0 Å². The summed E-state index contributed by atoms with van der Waals surface area (Å²) in [6.07, 6.45) is 0.843. The van der Waals surface area contributed by atoms with E-state index in [2.05, 4.69) is 10.3 Å². The van der Waals surface area contributed by atoms with Gasteiger partial charge in [-0.3, -0.25) is 9.59 Å². The maximum absolute atomic E-state index is 13.5. The van der Waals surface area contributed by atoms with Crippen molar-refractivity contribution in [1.29, 1.82) is 0 Å². The molecule has 2 aliphatic heterocycles. The Bertz CT molecular complexity index is 1600. The summed E-state index contributed by atoms with van der Waals surface area (Å²) in [5, 5.41) is 13.6. The molecule has 2 aliphatic rings. The fraction of sp³-hybridized carbons (Fsp3) is 0.281. The van der Waals surface area contributed by atoms with Crippen LogP contribution in [-0.4, -0.2) is 53.0 Å². The van der Waals surface area contributed by atoms with E-state index in [0.29, 0.717) is 48.4 Å². The number of nitrogens with one attached hydrogen (secondary N) is 1. The number of carbonyl (C=O) groups is 2. The summed E-state index contributed by atoms with van der Waals surface area (Å²) in [5.41, 5.74) is 3.20. The molecule has 0 unspecified atom stereocenters. The number of likely N-dealkylation sites (tertiary alicyclic amines) is 1. The van der Waals surface area contributed by atoms with Gasteiger partial charge in [0, 0.05) is 31.0 Å². The van der Waals surface area contributed by atoms with E-state index in [1.807, 2.05) is 49.4 Å². The van der Waals surface area contributed by atoms with Crippen LogP contribution in [0.25, 0.3) is 11.5 Å². The predicted octanol–water partition coefficient (Wildman–Crippen LogP) is 4.76. The van der Waals surface area contributed by atoms with E-state index in [-0.39, 0.29) is 48.1 Å². The number of aromatic hydroxyl groups is 1. The van der Waals surface area contributed by atoms with Crippen molar-refractivity contribution in [2.45, 2.75) is 38.1 Å². The van der Waals surface area contributed by atoms with Gasteiger partial charge in [0.05, 0.1) is 25.3 Å². The quantitative estimate of drug-likeness (QED) is 0.375. The summed E-state index contributed by atoms with van der Waals surface area (Å²) in [5.74, 6) is 1.96. The van der Waals surface area contributed by atoms with E-state index in [9.17, 15) is 14.7 Å². The standard InChI is InChI=1S/C32H31N3O6/c1-19-24(34-32(40-19)21-6-4-3-5-7-21)16-31(38)35-17-23-22-10-12-27(39-2)29(15-22)41-28-14-20(8-11-26(28)36)9-13-30(37)33-25(23)18-35/h3-8,10-12,14-15,23,25,36H,9,13,16-18H2,1-2H3,(H,33,37)/t23-,25+/m0/s1. The number of rotatable bonds is 4. The molecule has 2 amide bonds. The lowest BCUT2D eigenvalue weighted by atomic mass is 9.93. The second-order valence-corrected chi connectivity index (χ2v) is 10.5. The van der Waals surface area contributed by atoms with Gasteiger partial charge in [-0.05, 0) is 60.9 Å². The Morgan fingerprint density at radius 2 is 1.90 bits per heavy atom. The first-order valence-electron chi connectivity index (χ1n) is 13.6. The Kier molecular flexibility index (Phi) is 7.09. The molecule has 1 saturated heterocycles. The molecule has 2 atom stereocenters. The Labute approximate surface area is 237 Å². The monoisotopic (exact) mass is 553 g/mol. The van der Waals surface area contributed by atoms with Crippen LogP contribution in [-0.2, 0) is 22.4 Å². The molecule has 2 N–H and O–H groups in total. The van der Waals surface area contributed by atoms with E-state index >= 15 is 0 Å². The highest BCUT2D eigenvalue weighted by molar-refractivity contribution is 5.80. The average molecular weight is 554 g/mol. The molecule has 9 heteroatoms. The van der Waals surface area contributed by atoms with Crippen LogP contribution >= 0.6 is 0 Å². The summed E-state index contributed by atoms with van der Waals surface area (Å²) in [6, 6.07) is 20.0. The van der Waals surface area contributed by atoms with E-state index in [4.69, 9.17) is 13.9 Å². The number of oxazole rings is 1. The smallest absolute Gasteiger partial charge is 0.228 e. The van der Waals surface area contributed by atoms with Crippen LogP contribution in [0.4, 0.5) is 0 Å². The average Bonchev–Trinajstić information content (AvgIpc) is 3.56. The molecule has 4 aromatic rings. The minimum Gasteiger partial charge on any atom is -0.504 e. The first-order chi connectivity index (χ1) is 19.9. The zero-order chi connectivity index (χ0) is 28.5. The van der Waals surface area contributed by atoms with Gasteiger partial charge in [0.2, 0.25) is 17.7 Å². The van der Waals surface area contributed by atoms with Crippen LogP contribution in [0.3, 0.4) is 0 Å². The van der Waals surface area contributed by atoms with Gasteiger partial charge < -0.3 is 29.2 Å². The van der Waals surface area contributed by atoms with Crippen molar-refractivity contribution in [3.8, 4) is 34.5 Å². The predicted molar refractivity (Wildman–Crippen MR) is 151 cm³/mol. The first kappa shape index (κ1) is 26.4. The topological polar surface area (TPSA) is 114 Å². The fourth-order valence-electron chi connectivity index (χ4n) is 5.50. The van der Waals surface area contributed by atoms with Gasteiger partial charge in [-0.2, -0.15) is 0 Å². The van der Waals surface area contributed by atoms with Crippen LogP contribution in [0.2, 0.25) is 0 Å². The minimum atomic E-state index is -0.289. The zero-order valence-corrected chi connectivity index (χ0v) is 22.9. The lowest BCUT2D eigenvalue weighted by Crippen LogP contribution is -2.40. The van der Waals surface area contributed by atoms with E-state index in [1.54, 1.807) is 36.3 Å². The van der Waals surface area contributed by atoms with Gasteiger partial charge in [-0.1, -0.05) is 30.3 Å². The molecule has 4 bridgehead atoms. The summed E-state index contributed by atoms with van der Waals surface area (Å²) in [4.78, 5) is 32.9. The summed E-state index contributed by atoms with van der Waals surface area (Å²) in [7, 11) is 1.56. The Morgan fingerprint density at radius 1 is 1.07 bits per heavy atom. The molecule has 3 heterocycles. The number of aryl methyl sites for hydroxylation is 2. The number of phenols is 1. The molecule has 3 aromatic carbocycles. The molecule has 0 saturated carbocycles. The van der Waals surface area contributed by atoms with Crippen molar-refractivity contribution < 1.29 is 28.6 Å². The normalized spacial score (nSPS) is 18.3. The Morgan fingerprint density at radius 3 is 2.71 bits per heavy atom. The highest BCUT2D eigenvalue weighted by atomic mass is 16.5. The number of carbonyl (C=O) groups excluding carboxylic acids is 2. The lowest BCUT2D eigenvalue weighted by Gasteiger charge is -2.21. The Hall–Kier alpha value is -4.79. The summed E-state index contributed by atoms with van der Waals surface area (Å²) < 4.78 is 17.5. The Balaban J connectivity index is 1.28. The molecule has 41 heavy (non-hydrogen) atoms. The lowest BCUT2D eigenvalue weighted by molar-refractivity contribution is -0.130. The fourth-order valence-corrected chi connectivity index (χ4v) is 5.50. The number of aromatic nitrogens is 1. The molecule has 0 aliphatic carbocycles. The summed E-state index contributed by atoms with van der Waals surface area (Å²) in [6.45, 7) is 2.60. The highest BCUT2D eigenvalue weighted by Crippen LogP contribution is 2.40. The molecule has 1 aromatic heterocycles. The largest absolute Gasteiger partial charge is 0.504 e. The second-order valence-electron chi connectivity index (χ2n) is 10.5. The number of hydrogen-bond donors (Lipinski definition) is 2. The van der Waals surface area contributed by atoms with Gasteiger partial charge in [-0.25, -0.2) is 4.98 Å². The van der Waals surface area contributed by atoms with Crippen molar-refractivity contribution in [1.82, 2.24) is 15.2 Å². The number of ether oxygens (including phenoxy) is 2. The molecular weight excluding hydrogens is 522 g/mol. The van der Waals surface area contributed by atoms with Gasteiger partial charge in [0.15, 0.2) is 23.0 Å². The van der Waals surface area contributed by atoms with Crippen molar-refractivity contribution >= 4 is 11.8 Å². The third-order valence-electron chi connectivity index (χ3n) is 7.75. The third kappa shape index (κ3) is 5.48. The van der Waals surface area contributed by atoms with E-state index < -0.39 is 0 Å². The van der Waals surface area contributed by atoms with Gasteiger partial charge in [0.1, 0.15) is 5.76 Å². The molecule has 210 valence electrons. The number of amides is 2. The van der Waals surface area contributed by atoms with E-state index in [1.165, 1.54) is 0 Å². The number of nitrogens with zero attached hydrogens (tertiary/aromatic N) is 2. The van der Waals surface area contributed by atoms with Crippen molar-refractivity contribution in [3.63, 3.8) is 0 Å². The van der Waals surface area contributed by atoms with Gasteiger partial charge in [0.25, 0.3) is 0 Å². The third-order valence-corrected chi connectivity index (χ3v) is 7.75. The zero-order valence-electron chi connectivity index (χ0n) is 22.9. The highest BCUT2D eigenvalue weighted by Gasteiger charge is 2.38. The first-order valence-corrected chi connectivity index (χ1v) is 13.6. The molecule has 9 nitrogen and oxygen atoms in total. The van der Waals surface area contributed by atoms with Crippen LogP contribution in [0, 0.1) is 6.92 Å². The van der Waals surface area contributed by atoms with Crippen LogP contribution in [0.5, 0.6) is 23.0 Å². The second kappa shape index (κ2) is 11.0.